The Balaban J connectivity index is 1.69. The normalized spacial score (nSPS) is 23.9. The lowest BCUT2D eigenvalue weighted by Gasteiger charge is -2.33. The number of anilines is 1. The number of pyridine rings is 1. The Morgan fingerprint density at radius 2 is 2.09 bits per heavy atom. The van der Waals surface area contributed by atoms with Crippen LogP contribution in [0, 0.1) is 5.92 Å². The fourth-order valence-electron chi connectivity index (χ4n) is 3.88. The van der Waals surface area contributed by atoms with Crippen molar-refractivity contribution in [2.75, 3.05) is 5.32 Å². The number of nitrogens with zero attached hydrogens (tertiary/aromatic N) is 2. The van der Waals surface area contributed by atoms with Gasteiger partial charge in [0.15, 0.2) is 5.54 Å². The van der Waals surface area contributed by atoms with Crippen LogP contribution in [0.5, 0.6) is 0 Å². The number of amides is 1. The summed E-state index contributed by atoms with van der Waals surface area (Å²) in [5, 5.41) is 2.43. The Morgan fingerprint density at radius 1 is 1.36 bits per heavy atom. The summed E-state index contributed by atoms with van der Waals surface area (Å²) in [7, 11) is 0. The SMILES string of the molecule is C=Cc1cc(C(F)(F)F)cnc1C(=O)Nc1ccc(Cl)c([C@@]2(C(F)F)N=C(N)O[C@@H]3C[C@@H]32)c1. The number of carbonyl (C=O) groups is 1. The molecule has 6 nitrogen and oxygen atoms in total. The molecule has 33 heavy (non-hydrogen) atoms. The summed E-state index contributed by atoms with van der Waals surface area (Å²) in [4.78, 5) is 20.2. The lowest BCUT2D eigenvalue weighted by Crippen LogP contribution is -2.43. The van der Waals surface area contributed by atoms with Gasteiger partial charge in [0.2, 0.25) is 0 Å². The standard InChI is InChI=1S/C21H16ClF5N4O2/c1-2-9-5-10(21(25,26)27)8-29-16(9)17(32)30-11-3-4-14(22)12(6-11)20(18(23)24)13-7-15(13)33-19(28)31-20/h2-6,8,13,15,18H,1,7H2,(H2,28,31)(H,30,32)/t13-,15+,20+/m0/s1. The highest BCUT2D eigenvalue weighted by molar-refractivity contribution is 6.31. The van der Waals surface area contributed by atoms with E-state index in [2.05, 4.69) is 21.9 Å². The molecule has 1 aliphatic carbocycles. The van der Waals surface area contributed by atoms with Crippen LogP contribution >= 0.6 is 11.6 Å². The predicted octanol–water partition coefficient (Wildman–Crippen LogP) is 4.84. The molecule has 1 saturated carbocycles. The van der Waals surface area contributed by atoms with Crippen molar-refractivity contribution in [2.45, 2.75) is 30.7 Å². The van der Waals surface area contributed by atoms with Crippen molar-refractivity contribution < 1.29 is 31.5 Å². The molecule has 4 rings (SSSR count). The zero-order chi connectivity index (χ0) is 24.1. The summed E-state index contributed by atoms with van der Waals surface area (Å²) in [5.41, 5.74) is 2.04. The van der Waals surface area contributed by atoms with Gasteiger partial charge in [0.25, 0.3) is 18.4 Å². The molecule has 0 saturated heterocycles. The van der Waals surface area contributed by atoms with Gasteiger partial charge in [-0.3, -0.25) is 4.79 Å². The van der Waals surface area contributed by atoms with Crippen LogP contribution in [0.4, 0.5) is 27.6 Å². The van der Waals surface area contributed by atoms with Crippen molar-refractivity contribution in [3.05, 3.63) is 64.4 Å². The molecule has 0 bridgehead atoms. The van der Waals surface area contributed by atoms with Gasteiger partial charge in [-0.1, -0.05) is 24.3 Å². The first kappa shape index (κ1) is 23.0. The van der Waals surface area contributed by atoms with Crippen LogP contribution in [0.3, 0.4) is 0 Å². The number of carbonyl (C=O) groups excluding carboxylic acids is 1. The second kappa shape index (κ2) is 7.98. The van der Waals surface area contributed by atoms with Gasteiger partial charge in [0.05, 0.1) is 5.56 Å². The molecular weight excluding hydrogens is 471 g/mol. The maximum absolute atomic E-state index is 14.3. The Hall–Kier alpha value is -3.21. The zero-order valence-corrected chi connectivity index (χ0v) is 17.4. The third-order valence-corrected chi connectivity index (χ3v) is 5.86. The van der Waals surface area contributed by atoms with E-state index in [4.69, 9.17) is 22.1 Å². The molecule has 1 fully saturated rings. The van der Waals surface area contributed by atoms with E-state index >= 15 is 0 Å². The van der Waals surface area contributed by atoms with E-state index in [1.54, 1.807) is 0 Å². The minimum atomic E-state index is -4.65. The van der Waals surface area contributed by atoms with E-state index in [-0.39, 0.29) is 33.6 Å². The Labute approximate surface area is 189 Å². The number of nitrogens with two attached hydrogens (primary N) is 1. The van der Waals surface area contributed by atoms with Gasteiger partial charge in [0.1, 0.15) is 11.8 Å². The largest absolute Gasteiger partial charge is 0.462 e. The summed E-state index contributed by atoms with van der Waals surface area (Å²) >= 11 is 6.23. The fourth-order valence-corrected chi connectivity index (χ4v) is 4.15. The molecule has 2 heterocycles. The average Bonchev–Trinajstić information content (AvgIpc) is 3.52. The van der Waals surface area contributed by atoms with Crippen LogP contribution in [0.2, 0.25) is 5.02 Å². The minimum absolute atomic E-state index is 0.0168. The van der Waals surface area contributed by atoms with Crippen molar-refractivity contribution >= 4 is 35.3 Å². The van der Waals surface area contributed by atoms with Crippen molar-refractivity contribution in [1.82, 2.24) is 4.98 Å². The van der Waals surface area contributed by atoms with Crippen LogP contribution in [0.25, 0.3) is 6.08 Å². The number of nitrogens with one attached hydrogen (secondary N) is 1. The summed E-state index contributed by atoms with van der Waals surface area (Å²) in [6, 6.07) is 4.26. The highest BCUT2D eigenvalue weighted by atomic mass is 35.5. The summed E-state index contributed by atoms with van der Waals surface area (Å²) in [6.45, 7) is 3.41. The number of amidine groups is 1. The minimum Gasteiger partial charge on any atom is -0.462 e. The van der Waals surface area contributed by atoms with Gasteiger partial charge in [-0.25, -0.2) is 18.8 Å². The number of hydrogen-bond donors (Lipinski definition) is 2. The maximum atomic E-state index is 14.3. The number of alkyl halides is 5. The van der Waals surface area contributed by atoms with E-state index in [1.165, 1.54) is 18.2 Å². The molecule has 1 aromatic carbocycles. The van der Waals surface area contributed by atoms with Crippen molar-refractivity contribution in [1.29, 1.82) is 0 Å². The lowest BCUT2D eigenvalue weighted by molar-refractivity contribution is -0.137. The maximum Gasteiger partial charge on any atom is 0.417 e. The molecule has 3 atom stereocenters. The van der Waals surface area contributed by atoms with Crippen LogP contribution < -0.4 is 11.1 Å². The number of aromatic nitrogens is 1. The van der Waals surface area contributed by atoms with Gasteiger partial charge in [-0.05, 0) is 30.7 Å². The predicted molar refractivity (Wildman–Crippen MR) is 111 cm³/mol. The number of ether oxygens (including phenoxy) is 1. The van der Waals surface area contributed by atoms with Crippen molar-refractivity contribution in [3.63, 3.8) is 0 Å². The topological polar surface area (TPSA) is 89.6 Å². The smallest absolute Gasteiger partial charge is 0.417 e. The second-order valence-corrected chi connectivity index (χ2v) is 7.99. The number of rotatable bonds is 5. The van der Waals surface area contributed by atoms with Crippen LogP contribution in [0.1, 0.15) is 33.6 Å². The van der Waals surface area contributed by atoms with Crippen LogP contribution in [-0.4, -0.2) is 29.4 Å². The molecule has 1 amide bonds. The van der Waals surface area contributed by atoms with Crippen molar-refractivity contribution in [2.24, 2.45) is 16.6 Å². The van der Waals surface area contributed by atoms with E-state index in [0.717, 1.165) is 12.1 Å². The van der Waals surface area contributed by atoms with Gasteiger partial charge in [-0.15, -0.1) is 0 Å². The van der Waals surface area contributed by atoms with Gasteiger partial charge in [0, 0.05) is 34.0 Å². The monoisotopic (exact) mass is 486 g/mol. The first-order chi connectivity index (χ1) is 15.5. The molecular formula is C21H16ClF5N4O2. The Morgan fingerprint density at radius 3 is 2.73 bits per heavy atom. The molecule has 0 unspecified atom stereocenters. The summed E-state index contributed by atoms with van der Waals surface area (Å²) < 4.78 is 72.6. The van der Waals surface area contributed by atoms with Gasteiger partial charge in [-0.2, -0.15) is 13.2 Å². The fraction of sp³-hybridized carbons (Fsp3) is 0.286. The van der Waals surface area contributed by atoms with E-state index < -0.39 is 41.6 Å². The number of aliphatic imine (C=N–C) groups is 1. The van der Waals surface area contributed by atoms with E-state index in [9.17, 15) is 26.7 Å². The number of halogens is 6. The molecule has 0 spiro atoms. The third kappa shape index (κ3) is 4.01. The summed E-state index contributed by atoms with van der Waals surface area (Å²) in [6.07, 6.45) is -6.25. The van der Waals surface area contributed by atoms with Gasteiger partial charge < -0.3 is 15.8 Å². The first-order valence-corrected chi connectivity index (χ1v) is 9.96. The molecule has 174 valence electrons. The summed E-state index contributed by atoms with van der Waals surface area (Å²) in [5.74, 6) is -1.52. The molecule has 2 aliphatic rings. The molecule has 2 aromatic rings. The quantitative estimate of drug-likeness (QED) is 0.592. The highest BCUT2D eigenvalue weighted by Crippen LogP contribution is 2.57. The zero-order valence-electron chi connectivity index (χ0n) is 16.7. The van der Waals surface area contributed by atoms with Crippen LogP contribution in [0.15, 0.2) is 42.0 Å². The van der Waals surface area contributed by atoms with Gasteiger partial charge >= 0.3 is 6.18 Å². The third-order valence-electron chi connectivity index (χ3n) is 5.53. The number of fused-ring (bicyclic) bond motifs is 1. The Kier molecular flexibility index (Phi) is 5.55. The highest BCUT2D eigenvalue weighted by Gasteiger charge is 2.64. The molecule has 12 heteroatoms. The second-order valence-electron chi connectivity index (χ2n) is 7.59. The molecule has 0 radical (unpaired) electrons. The number of hydrogen-bond acceptors (Lipinski definition) is 5. The van der Waals surface area contributed by atoms with E-state index in [1.807, 2.05) is 0 Å². The number of benzene rings is 1. The van der Waals surface area contributed by atoms with Crippen molar-refractivity contribution in [3.8, 4) is 0 Å². The first-order valence-electron chi connectivity index (χ1n) is 9.58. The average molecular weight is 487 g/mol. The van der Waals surface area contributed by atoms with Crippen LogP contribution in [-0.2, 0) is 16.5 Å². The Bertz CT molecular complexity index is 1170. The molecule has 3 N–H and O–H groups in total. The molecule has 1 aromatic heterocycles. The lowest BCUT2D eigenvalue weighted by atomic mass is 9.84. The molecule has 1 aliphatic heterocycles. The van der Waals surface area contributed by atoms with E-state index in [0.29, 0.717) is 12.6 Å².